The number of aromatic hydroxyl groups is 1. The van der Waals surface area contributed by atoms with Gasteiger partial charge in [0.1, 0.15) is 11.1 Å². The Hall–Kier alpha value is -3.48. The van der Waals surface area contributed by atoms with Crippen LogP contribution in [0.25, 0.3) is 22.3 Å². The molecule has 0 fully saturated rings. The average Bonchev–Trinajstić information content (AvgIpc) is 2.63. The zero-order valence-electron chi connectivity index (χ0n) is 14.4. The van der Waals surface area contributed by atoms with Crippen molar-refractivity contribution in [3.8, 4) is 34.3 Å². The molecule has 0 saturated heterocycles. The molecule has 0 saturated carbocycles. The highest BCUT2D eigenvalue weighted by atomic mass is 16.6. The molecule has 134 valence electrons. The van der Waals surface area contributed by atoms with Crippen molar-refractivity contribution in [3.05, 3.63) is 46.6 Å². The summed E-state index contributed by atoms with van der Waals surface area (Å²) in [5.41, 5.74) is -0.123. The van der Waals surface area contributed by atoms with Crippen molar-refractivity contribution in [2.75, 3.05) is 14.2 Å². The Morgan fingerprint density at radius 3 is 2.35 bits per heavy atom. The lowest BCUT2D eigenvalue weighted by molar-refractivity contribution is -0.131. The van der Waals surface area contributed by atoms with Gasteiger partial charge in [-0.05, 0) is 0 Å². The van der Waals surface area contributed by atoms with E-state index in [0.717, 1.165) is 0 Å². The Kier molecular flexibility index (Phi) is 4.53. The average molecular weight is 356 g/mol. The van der Waals surface area contributed by atoms with Crippen molar-refractivity contribution in [3.63, 3.8) is 0 Å². The maximum absolute atomic E-state index is 12.9. The third kappa shape index (κ3) is 2.83. The molecule has 0 spiro atoms. The number of fused-ring (bicyclic) bond motifs is 1. The van der Waals surface area contributed by atoms with Crippen LogP contribution < -0.4 is 19.6 Å². The number of benzene rings is 2. The van der Waals surface area contributed by atoms with Gasteiger partial charge in [-0.1, -0.05) is 30.3 Å². The van der Waals surface area contributed by atoms with Crippen LogP contribution in [0.1, 0.15) is 6.92 Å². The van der Waals surface area contributed by atoms with Crippen molar-refractivity contribution in [1.82, 2.24) is 0 Å². The van der Waals surface area contributed by atoms with E-state index in [1.807, 2.05) is 6.07 Å². The summed E-state index contributed by atoms with van der Waals surface area (Å²) in [5, 5.41) is 10.1. The summed E-state index contributed by atoms with van der Waals surface area (Å²) in [5.74, 6) is -0.971. The zero-order chi connectivity index (χ0) is 18.8. The van der Waals surface area contributed by atoms with Crippen LogP contribution in [0.3, 0.4) is 0 Å². The van der Waals surface area contributed by atoms with Gasteiger partial charge >= 0.3 is 5.97 Å². The van der Waals surface area contributed by atoms with Gasteiger partial charge in [-0.25, -0.2) is 0 Å². The number of phenols is 1. The molecule has 7 nitrogen and oxygen atoms in total. The SMILES string of the molecule is COc1cc(O)c2c(=O)c(OC)c(-c3ccccc3)oc2c1OC(C)=O. The predicted molar refractivity (Wildman–Crippen MR) is 94.0 cm³/mol. The van der Waals surface area contributed by atoms with E-state index >= 15 is 0 Å². The second kappa shape index (κ2) is 6.79. The summed E-state index contributed by atoms with van der Waals surface area (Å²) in [6.45, 7) is 1.21. The Morgan fingerprint density at radius 2 is 1.77 bits per heavy atom. The van der Waals surface area contributed by atoms with Gasteiger partial charge in [0.05, 0.1) is 14.2 Å². The fraction of sp³-hybridized carbons (Fsp3) is 0.158. The minimum absolute atomic E-state index is 0.0533. The lowest BCUT2D eigenvalue weighted by atomic mass is 10.1. The quantitative estimate of drug-likeness (QED) is 0.567. The van der Waals surface area contributed by atoms with Gasteiger partial charge in [0, 0.05) is 18.6 Å². The molecule has 3 aromatic rings. The molecule has 26 heavy (non-hydrogen) atoms. The third-order valence-corrected chi connectivity index (χ3v) is 3.73. The monoisotopic (exact) mass is 356 g/mol. The lowest BCUT2D eigenvalue weighted by Crippen LogP contribution is -2.10. The molecule has 0 bridgehead atoms. The number of esters is 1. The van der Waals surface area contributed by atoms with E-state index in [1.54, 1.807) is 24.3 Å². The van der Waals surface area contributed by atoms with Crippen LogP contribution in [0.2, 0.25) is 0 Å². The Morgan fingerprint density at radius 1 is 1.08 bits per heavy atom. The van der Waals surface area contributed by atoms with Crippen molar-refractivity contribution in [2.24, 2.45) is 0 Å². The fourth-order valence-electron chi connectivity index (χ4n) is 2.64. The van der Waals surface area contributed by atoms with Crippen LogP contribution in [-0.4, -0.2) is 25.3 Å². The summed E-state index contributed by atoms with van der Waals surface area (Å²) in [4.78, 5) is 24.4. The van der Waals surface area contributed by atoms with E-state index < -0.39 is 11.4 Å². The number of hydrogen-bond donors (Lipinski definition) is 1. The summed E-state index contributed by atoms with van der Waals surface area (Å²) >= 11 is 0. The van der Waals surface area contributed by atoms with Gasteiger partial charge in [0.2, 0.25) is 16.9 Å². The maximum atomic E-state index is 12.9. The first-order valence-electron chi connectivity index (χ1n) is 7.66. The normalized spacial score (nSPS) is 10.6. The molecular weight excluding hydrogens is 340 g/mol. The van der Waals surface area contributed by atoms with Crippen molar-refractivity contribution in [1.29, 1.82) is 0 Å². The van der Waals surface area contributed by atoms with Gasteiger partial charge in [-0.15, -0.1) is 0 Å². The van der Waals surface area contributed by atoms with Crippen LogP contribution in [-0.2, 0) is 4.79 Å². The molecule has 2 aromatic carbocycles. The van der Waals surface area contributed by atoms with Gasteiger partial charge < -0.3 is 23.7 Å². The van der Waals surface area contributed by atoms with Gasteiger partial charge in [-0.3, -0.25) is 9.59 Å². The first-order valence-corrected chi connectivity index (χ1v) is 7.66. The zero-order valence-corrected chi connectivity index (χ0v) is 14.4. The number of carbonyl (C=O) groups is 1. The molecule has 3 rings (SSSR count). The Balaban J connectivity index is 2.48. The fourth-order valence-corrected chi connectivity index (χ4v) is 2.64. The van der Waals surface area contributed by atoms with Gasteiger partial charge in [0.25, 0.3) is 0 Å². The largest absolute Gasteiger partial charge is 0.507 e. The smallest absolute Gasteiger partial charge is 0.308 e. The molecular formula is C19H16O7. The van der Waals surface area contributed by atoms with E-state index in [0.29, 0.717) is 5.56 Å². The number of carbonyl (C=O) groups excluding carboxylic acids is 1. The molecule has 0 aliphatic rings. The van der Waals surface area contributed by atoms with Crippen LogP contribution >= 0.6 is 0 Å². The highest BCUT2D eigenvalue weighted by molar-refractivity contribution is 5.94. The predicted octanol–water partition coefficient (Wildman–Crippen LogP) is 3.11. The standard InChI is InChI=1S/C19H16O7/c1-10(20)25-17-13(23-2)9-12(21)14-15(22)19(24-3)16(26-18(14)17)11-7-5-4-6-8-11/h4-9,21H,1-3H3. The van der Waals surface area contributed by atoms with Crippen molar-refractivity contribution in [2.45, 2.75) is 6.92 Å². The molecule has 0 radical (unpaired) electrons. The number of rotatable bonds is 4. The topological polar surface area (TPSA) is 95.2 Å². The van der Waals surface area contributed by atoms with E-state index in [1.165, 1.54) is 27.2 Å². The van der Waals surface area contributed by atoms with Gasteiger partial charge in [0.15, 0.2) is 17.1 Å². The minimum Gasteiger partial charge on any atom is -0.507 e. The number of phenolic OH excluding ortho intramolecular Hbond substituents is 1. The highest BCUT2D eigenvalue weighted by Crippen LogP contribution is 2.43. The second-order valence-corrected chi connectivity index (χ2v) is 5.38. The molecule has 7 heteroatoms. The van der Waals surface area contributed by atoms with E-state index in [-0.39, 0.29) is 39.7 Å². The molecule has 1 heterocycles. The molecule has 0 amide bonds. The number of hydrogen-bond acceptors (Lipinski definition) is 7. The van der Waals surface area contributed by atoms with Gasteiger partial charge in [-0.2, -0.15) is 0 Å². The summed E-state index contributed by atoms with van der Waals surface area (Å²) in [6.07, 6.45) is 0. The van der Waals surface area contributed by atoms with E-state index in [9.17, 15) is 14.7 Å². The summed E-state index contributed by atoms with van der Waals surface area (Å²) in [7, 11) is 2.67. The van der Waals surface area contributed by atoms with Crippen molar-refractivity contribution >= 4 is 16.9 Å². The van der Waals surface area contributed by atoms with Crippen LogP contribution in [0.15, 0.2) is 45.6 Å². The Labute approximate surface area is 148 Å². The first kappa shape index (κ1) is 17.3. The third-order valence-electron chi connectivity index (χ3n) is 3.73. The van der Waals surface area contributed by atoms with E-state index in [4.69, 9.17) is 18.6 Å². The first-order chi connectivity index (χ1) is 12.5. The highest BCUT2D eigenvalue weighted by Gasteiger charge is 2.25. The number of methoxy groups -OCH3 is 2. The molecule has 1 aromatic heterocycles. The van der Waals surface area contributed by atoms with Crippen LogP contribution in [0.5, 0.6) is 23.0 Å². The molecule has 0 aliphatic heterocycles. The van der Waals surface area contributed by atoms with Crippen molar-refractivity contribution < 1.29 is 28.5 Å². The van der Waals surface area contributed by atoms with Crippen LogP contribution in [0, 0.1) is 0 Å². The molecule has 1 N–H and O–H groups in total. The minimum atomic E-state index is -0.630. The summed E-state index contributed by atoms with van der Waals surface area (Å²) < 4.78 is 21.4. The molecule has 0 aliphatic carbocycles. The lowest BCUT2D eigenvalue weighted by Gasteiger charge is -2.14. The number of ether oxygens (including phenoxy) is 3. The maximum Gasteiger partial charge on any atom is 0.308 e. The molecule has 0 atom stereocenters. The van der Waals surface area contributed by atoms with Crippen LogP contribution in [0.4, 0.5) is 0 Å². The summed E-state index contributed by atoms with van der Waals surface area (Å²) in [6, 6.07) is 10.0. The Bertz CT molecular complexity index is 1040. The second-order valence-electron chi connectivity index (χ2n) is 5.38. The molecule has 0 unspecified atom stereocenters. The van der Waals surface area contributed by atoms with E-state index in [2.05, 4.69) is 0 Å².